The van der Waals surface area contributed by atoms with E-state index in [0.717, 1.165) is 12.3 Å². The molecule has 1 saturated carbocycles. The van der Waals surface area contributed by atoms with Gasteiger partial charge in [0.2, 0.25) is 0 Å². The molecule has 0 spiro atoms. The SMILES string of the molecule is CNC(C)(C#N)CCOC1CC(C)CCC1C(C)C. The molecule has 4 unspecified atom stereocenters. The molecule has 1 aliphatic carbocycles. The first kappa shape index (κ1) is 16.5. The number of rotatable bonds is 6. The third kappa shape index (κ3) is 4.78. The first-order chi connectivity index (χ1) is 8.91. The topological polar surface area (TPSA) is 45.0 Å². The minimum atomic E-state index is -0.465. The summed E-state index contributed by atoms with van der Waals surface area (Å²) in [4.78, 5) is 0. The summed E-state index contributed by atoms with van der Waals surface area (Å²) in [6.07, 6.45) is 4.91. The van der Waals surface area contributed by atoms with Crippen molar-refractivity contribution in [3.63, 3.8) is 0 Å². The van der Waals surface area contributed by atoms with Gasteiger partial charge in [0.05, 0.1) is 12.2 Å². The fourth-order valence-corrected chi connectivity index (χ4v) is 2.96. The van der Waals surface area contributed by atoms with Gasteiger partial charge in [0.25, 0.3) is 0 Å². The molecule has 0 heterocycles. The van der Waals surface area contributed by atoms with Crippen LogP contribution in [0.5, 0.6) is 0 Å². The second kappa shape index (κ2) is 7.26. The van der Waals surface area contributed by atoms with Gasteiger partial charge in [-0.25, -0.2) is 0 Å². The van der Waals surface area contributed by atoms with Crippen molar-refractivity contribution in [1.29, 1.82) is 5.26 Å². The highest BCUT2D eigenvalue weighted by Crippen LogP contribution is 2.35. The molecule has 0 aromatic heterocycles. The van der Waals surface area contributed by atoms with E-state index >= 15 is 0 Å². The highest BCUT2D eigenvalue weighted by molar-refractivity contribution is 5.02. The Labute approximate surface area is 118 Å². The third-order valence-electron chi connectivity index (χ3n) is 4.69. The minimum absolute atomic E-state index is 0.378. The predicted octanol–water partition coefficient (Wildman–Crippen LogP) is 3.36. The standard InChI is InChI=1S/C16H30N2O/c1-12(2)14-7-6-13(3)10-15(14)19-9-8-16(4,11-17)18-5/h12-15,18H,6-10H2,1-5H3. The van der Waals surface area contributed by atoms with Gasteiger partial charge in [-0.15, -0.1) is 0 Å². The maximum Gasteiger partial charge on any atom is 0.105 e. The first-order valence-electron chi connectivity index (χ1n) is 7.63. The van der Waals surface area contributed by atoms with Gasteiger partial charge < -0.3 is 10.1 Å². The molecule has 1 fully saturated rings. The van der Waals surface area contributed by atoms with E-state index in [-0.39, 0.29) is 0 Å². The van der Waals surface area contributed by atoms with Crippen molar-refractivity contribution in [1.82, 2.24) is 5.32 Å². The molecule has 0 aromatic carbocycles. The first-order valence-corrected chi connectivity index (χ1v) is 7.63. The molecular weight excluding hydrogens is 236 g/mol. The lowest BCUT2D eigenvalue weighted by molar-refractivity contribution is -0.0422. The molecule has 4 atom stereocenters. The van der Waals surface area contributed by atoms with Crippen LogP contribution in [0.4, 0.5) is 0 Å². The largest absolute Gasteiger partial charge is 0.378 e. The summed E-state index contributed by atoms with van der Waals surface area (Å²) in [6.45, 7) is 9.51. The number of hydrogen-bond donors (Lipinski definition) is 1. The Morgan fingerprint density at radius 3 is 2.63 bits per heavy atom. The van der Waals surface area contributed by atoms with Crippen molar-refractivity contribution in [3.8, 4) is 6.07 Å². The van der Waals surface area contributed by atoms with Gasteiger partial charge in [-0.2, -0.15) is 5.26 Å². The Kier molecular flexibility index (Phi) is 6.29. The lowest BCUT2D eigenvalue weighted by Crippen LogP contribution is -2.40. The van der Waals surface area contributed by atoms with E-state index in [1.807, 2.05) is 14.0 Å². The van der Waals surface area contributed by atoms with Gasteiger partial charge in [0.15, 0.2) is 0 Å². The molecule has 0 radical (unpaired) electrons. The number of nitrogens with one attached hydrogen (secondary N) is 1. The van der Waals surface area contributed by atoms with Gasteiger partial charge >= 0.3 is 0 Å². The summed E-state index contributed by atoms with van der Waals surface area (Å²) in [7, 11) is 1.84. The van der Waals surface area contributed by atoms with Gasteiger partial charge in [-0.3, -0.25) is 0 Å². The van der Waals surface area contributed by atoms with E-state index in [4.69, 9.17) is 10.00 Å². The van der Waals surface area contributed by atoms with Crippen LogP contribution in [0.3, 0.4) is 0 Å². The second-order valence-electron chi connectivity index (χ2n) is 6.68. The van der Waals surface area contributed by atoms with Crippen LogP contribution in [0.15, 0.2) is 0 Å². The van der Waals surface area contributed by atoms with Gasteiger partial charge in [0.1, 0.15) is 5.54 Å². The van der Waals surface area contributed by atoms with E-state index in [2.05, 4.69) is 32.2 Å². The number of nitriles is 1. The van der Waals surface area contributed by atoms with E-state index in [1.54, 1.807) is 0 Å². The van der Waals surface area contributed by atoms with E-state index in [9.17, 15) is 0 Å². The Hall–Kier alpha value is -0.590. The molecule has 19 heavy (non-hydrogen) atoms. The summed E-state index contributed by atoms with van der Waals surface area (Å²) in [5.74, 6) is 2.13. The number of ether oxygens (including phenoxy) is 1. The third-order valence-corrected chi connectivity index (χ3v) is 4.69. The lowest BCUT2D eigenvalue weighted by Gasteiger charge is -2.37. The zero-order valence-electron chi connectivity index (χ0n) is 13.2. The molecule has 0 bridgehead atoms. The van der Waals surface area contributed by atoms with Crippen LogP contribution >= 0.6 is 0 Å². The van der Waals surface area contributed by atoms with Crippen LogP contribution in [-0.2, 0) is 4.74 Å². The molecule has 1 rings (SSSR count). The van der Waals surface area contributed by atoms with E-state index in [0.29, 0.717) is 24.5 Å². The van der Waals surface area contributed by atoms with Crippen LogP contribution < -0.4 is 5.32 Å². The van der Waals surface area contributed by atoms with Crippen LogP contribution in [0, 0.1) is 29.1 Å². The Bertz CT molecular complexity index is 310. The van der Waals surface area contributed by atoms with Crippen molar-refractivity contribution < 1.29 is 4.74 Å². The Morgan fingerprint density at radius 1 is 1.42 bits per heavy atom. The normalized spacial score (nSPS) is 30.9. The van der Waals surface area contributed by atoms with Crippen LogP contribution in [0.1, 0.15) is 53.4 Å². The molecule has 0 aliphatic heterocycles. The molecular formula is C16H30N2O. The molecule has 3 nitrogen and oxygen atoms in total. The van der Waals surface area contributed by atoms with Crippen LogP contribution in [0.25, 0.3) is 0 Å². The van der Waals surface area contributed by atoms with Crippen molar-refractivity contribution in [3.05, 3.63) is 0 Å². The summed E-state index contributed by atoms with van der Waals surface area (Å²) < 4.78 is 6.14. The van der Waals surface area contributed by atoms with Crippen molar-refractivity contribution in [2.24, 2.45) is 17.8 Å². The summed E-state index contributed by atoms with van der Waals surface area (Å²) in [5.41, 5.74) is -0.465. The van der Waals surface area contributed by atoms with Crippen molar-refractivity contribution in [2.45, 2.75) is 65.0 Å². The zero-order chi connectivity index (χ0) is 14.5. The Morgan fingerprint density at radius 2 is 2.11 bits per heavy atom. The molecule has 1 aliphatic rings. The van der Waals surface area contributed by atoms with E-state index < -0.39 is 5.54 Å². The van der Waals surface area contributed by atoms with Gasteiger partial charge in [-0.1, -0.05) is 27.2 Å². The average Bonchev–Trinajstić information content (AvgIpc) is 2.38. The molecule has 3 heteroatoms. The Balaban J connectivity index is 2.47. The molecule has 0 amide bonds. The van der Waals surface area contributed by atoms with Gasteiger partial charge in [-0.05, 0) is 44.6 Å². The van der Waals surface area contributed by atoms with Gasteiger partial charge in [0, 0.05) is 13.0 Å². The van der Waals surface area contributed by atoms with Crippen molar-refractivity contribution >= 4 is 0 Å². The highest BCUT2D eigenvalue weighted by atomic mass is 16.5. The quantitative estimate of drug-likeness (QED) is 0.802. The average molecular weight is 266 g/mol. The van der Waals surface area contributed by atoms with Crippen LogP contribution in [-0.4, -0.2) is 25.3 Å². The smallest absolute Gasteiger partial charge is 0.105 e. The highest BCUT2D eigenvalue weighted by Gasteiger charge is 2.32. The van der Waals surface area contributed by atoms with Crippen LogP contribution in [0.2, 0.25) is 0 Å². The maximum atomic E-state index is 9.14. The summed E-state index contributed by atoms with van der Waals surface area (Å²) >= 11 is 0. The molecule has 0 aromatic rings. The zero-order valence-corrected chi connectivity index (χ0v) is 13.2. The monoisotopic (exact) mass is 266 g/mol. The number of nitrogens with zero attached hydrogens (tertiary/aromatic N) is 1. The predicted molar refractivity (Wildman–Crippen MR) is 78.8 cm³/mol. The molecule has 1 N–H and O–H groups in total. The molecule has 0 saturated heterocycles. The fourth-order valence-electron chi connectivity index (χ4n) is 2.96. The molecule has 110 valence electrons. The lowest BCUT2D eigenvalue weighted by atomic mass is 9.75. The summed E-state index contributed by atoms with van der Waals surface area (Å²) in [6, 6.07) is 2.32. The number of hydrogen-bond acceptors (Lipinski definition) is 3. The minimum Gasteiger partial charge on any atom is -0.378 e. The van der Waals surface area contributed by atoms with Crippen molar-refractivity contribution in [2.75, 3.05) is 13.7 Å². The summed E-state index contributed by atoms with van der Waals surface area (Å²) in [5, 5.41) is 12.2. The van der Waals surface area contributed by atoms with E-state index in [1.165, 1.54) is 19.3 Å². The fraction of sp³-hybridized carbons (Fsp3) is 0.938. The second-order valence-corrected chi connectivity index (χ2v) is 6.68. The maximum absolute atomic E-state index is 9.14.